The van der Waals surface area contributed by atoms with Gasteiger partial charge in [0.05, 0.1) is 4.92 Å². The van der Waals surface area contributed by atoms with Gasteiger partial charge < -0.3 is 5.32 Å². The molecule has 0 aliphatic rings. The van der Waals surface area contributed by atoms with Crippen LogP contribution in [0, 0.1) is 16.0 Å². The minimum atomic E-state index is -0.412. The largest absolute Gasteiger partial charge is 0.302 e. The van der Waals surface area contributed by atoms with Gasteiger partial charge in [0, 0.05) is 35.5 Å². The number of nitro benzene ring substituents is 1. The van der Waals surface area contributed by atoms with Crippen molar-refractivity contribution in [2.75, 3.05) is 5.32 Å². The van der Waals surface area contributed by atoms with Gasteiger partial charge in [0.2, 0.25) is 5.91 Å². The van der Waals surface area contributed by atoms with Gasteiger partial charge in [-0.25, -0.2) is 4.98 Å². The molecule has 0 fully saturated rings. The van der Waals surface area contributed by atoms with E-state index in [-0.39, 0.29) is 17.5 Å². The van der Waals surface area contributed by atoms with Crippen molar-refractivity contribution in [2.45, 2.75) is 20.3 Å². The minimum absolute atomic E-state index is 0.0744. The van der Waals surface area contributed by atoms with Crippen LogP contribution >= 0.6 is 11.3 Å². The smallest absolute Gasteiger partial charge is 0.269 e. The van der Waals surface area contributed by atoms with Crippen molar-refractivity contribution in [1.82, 2.24) is 4.98 Å². The number of carbonyl (C=O) groups excluding carboxylic acids is 1. The minimum Gasteiger partial charge on any atom is -0.302 e. The van der Waals surface area contributed by atoms with Crippen LogP contribution in [0.5, 0.6) is 0 Å². The van der Waals surface area contributed by atoms with Gasteiger partial charge in [-0.2, -0.15) is 0 Å². The summed E-state index contributed by atoms with van der Waals surface area (Å²) in [7, 11) is 0. The van der Waals surface area contributed by atoms with Crippen LogP contribution in [0.15, 0.2) is 30.5 Å². The number of carbonyl (C=O) groups is 1. The van der Waals surface area contributed by atoms with Gasteiger partial charge >= 0.3 is 0 Å². The molecule has 1 aromatic heterocycles. The lowest BCUT2D eigenvalue weighted by molar-refractivity contribution is -0.384. The predicted octanol–water partition coefficient (Wildman–Crippen LogP) is 3.24. The summed E-state index contributed by atoms with van der Waals surface area (Å²) in [5.41, 5.74) is 0.917. The van der Waals surface area contributed by atoms with Gasteiger partial charge in [-0.1, -0.05) is 26.0 Å². The molecule has 0 radical (unpaired) electrons. The van der Waals surface area contributed by atoms with E-state index in [2.05, 4.69) is 10.3 Å². The van der Waals surface area contributed by atoms with Crippen LogP contribution in [-0.4, -0.2) is 15.8 Å². The van der Waals surface area contributed by atoms with Gasteiger partial charge in [0.15, 0.2) is 5.13 Å². The van der Waals surface area contributed by atoms with Crippen molar-refractivity contribution in [3.05, 3.63) is 51.0 Å². The Morgan fingerprint density at radius 2 is 2.24 bits per heavy atom. The van der Waals surface area contributed by atoms with Crippen LogP contribution < -0.4 is 5.32 Å². The molecule has 0 saturated heterocycles. The first-order valence-electron chi connectivity index (χ1n) is 6.44. The van der Waals surface area contributed by atoms with Crippen LogP contribution in [0.25, 0.3) is 0 Å². The molecule has 21 heavy (non-hydrogen) atoms. The molecule has 0 atom stereocenters. The molecule has 1 N–H and O–H groups in total. The zero-order valence-corrected chi connectivity index (χ0v) is 12.5. The van der Waals surface area contributed by atoms with Crippen LogP contribution in [0.2, 0.25) is 0 Å². The van der Waals surface area contributed by atoms with E-state index in [1.54, 1.807) is 18.3 Å². The molecule has 0 saturated carbocycles. The Morgan fingerprint density at radius 3 is 2.90 bits per heavy atom. The molecule has 1 amide bonds. The van der Waals surface area contributed by atoms with Gasteiger partial charge in [-0.3, -0.25) is 14.9 Å². The molecule has 2 aromatic rings. The second-order valence-electron chi connectivity index (χ2n) is 4.88. The zero-order chi connectivity index (χ0) is 15.4. The summed E-state index contributed by atoms with van der Waals surface area (Å²) < 4.78 is 0. The van der Waals surface area contributed by atoms with Crippen molar-refractivity contribution < 1.29 is 9.72 Å². The van der Waals surface area contributed by atoms with Crippen LogP contribution in [-0.2, 0) is 11.2 Å². The number of nitro groups is 1. The third kappa shape index (κ3) is 4.09. The number of amides is 1. The quantitative estimate of drug-likeness (QED) is 0.678. The summed E-state index contributed by atoms with van der Waals surface area (Å²) in [6.07, 6.45) is 2.23. The number of thiazole rings is 1. The number of aromatic nitrogens is 1. The van der Waals surface area contributed by atoms with E-state index in [1.807, 2.05) is 19.9 Å². The summed E-state index contributed by atoms with van der Waals surface area (Å²) in [4.78, 5) is 27.0. The number of anilines is 1. The fourth-order valence-corrected chi connectivity index (χ4v) is 2.53. The van der Waals surface area contributed by atoms with Crippen LogP contribution in [0.4, 0.5) is 10.8 Å². The topological polar surface area (TPSA) is 85.1 Å². The standard InChI is InChI=1S/C14H15N3O3S/c1-9(2)13(18)16-14-15-8-12(21-14)7-10-4-3-5-11(6-10)17(19)20/h3-6,8-9H,7H2,1-2H3,(H,15,16,18). The highest BCUT2D eigenvalue weighted by Crippen LogP contribution is 2.23. The SMILES string of the molecule is CC(C)C(=O)Nc1ncc(Cc2cccc([N+](=O)[O-])c2)s1. The normalized spacial score (nSPS) is 10.6. The maximum Gasteiger partial charge on any atom is 0.269 e. The predicted molar refractivity (Wildman–Crippen MR) is 81.5 cm³/mol. The molecular formula is C14H15N3O3S. The lowest BCUT2D eigenvalue weighted by atomic mass is 10.1. The zero-order valence-electron chi connectivity index (χ0n) is 11.7. The molecule has 6 nitrogen and oxygen atoms in total. The van der Waals surface area contributed by atoms with E-state index >= 15 is 0 Å². The summed E-state index contributed by atoms with van der Waals surface area (Å²) in [6.45, 7) is 3.62. The lowest BCUT2D eigenvalue weighted by Gasteiger charge is -2.03. The number of hydrogen-bond donors (Lipinski definition) is 1. The monoisotopic (exact) mass is 305 g/mol. The third-order valence-corrected chi connectivity index (χ3v) is 3.72. The lowest BCUT2D eigenvalue weighted by Crippen LogP contribution is -2.17. The molecule has 1 heterocycles. The van der Waals surface area contributed by atoms with Gasteiger partial charge in [0.25, 0.3) is 5.69 Å². The molecule has 0 spiro atoms. The number of rotatable bonds is 5. The molecule has 0 bridgehead atoms. The Balaban J connectivity index is 2.07. The van der Waals surface area contributed by atoms with Crippen molar-refractivity contribution in [3.8, 4) is 0 Å². The van der Waals surface area contributed by atoms with E-state index in [4.69, 9.17) is 0 Å². The van der Waals surface area contributed by atoms with Gasteiger partial charge in [-0.15, -0.1) is 11.3 Å². The highest BCUT2D eigenvalue weighted by atomic mass is 32.1. The van der Waals surface area contributed by atoms with Gasteiger partial charge in [-0.05, 0) is 5.56 Å². The molecule has 110 valence electrons. The van der Waals surface area contributed by atoms with Crippen LogP contribution in [0.1, 0.15) is 24.3 Å². The molecule has 1 aromatic carbocycles. The Kier molecular flexibility index (Phi) is 4.64. The summed E-state index contributed by atoms with van der Waals surface area (Å²) in [5.74, 6) is -0.180. The fraction of sp³-hybridized carbons (Fsp3) is 0.286. The van der Waals surface area contributed by atoms with E-state index < -0.39 is 4.92 Å². The Labute approximate surface area is 126 Å². The number of nitrogens with one attached hydrogen (secondary N) is 1. The molecule has 0 aliphatic heterocycles. The summed E-state index contributed by atoms with van der Waals surface area (Å²) in [5, 5.41) is 14.0. The number of benzene rings is 1. The number of non-ortho nitro benzene ring substituents is 1. The third-order valence-electron chi connectivity index (χ3n) is 2.81. The van der Waals surface area contributed by atoms with E-state index in [0.717, 1.165) is 10.4 Å². The van der Waals surface area contributed by atoms with Crippen molar-refractivity contribution in [2.24, 2.45) is 5.92 Å². The van der Waals surface area contributed by atoms with Crippen molar-refractivity contribution in [1.29, 1.82) is 0 Å². The first kappa shape index (κ1) is 15.1. The Hall–Kier alpha value is -2.28. The average Bonchev–Trinajstić information content (AvgIpc) is 2.86. The second kappa shape index (κ2) is 6.45. The summed E-state index contributed by atoms with van der Waals surface area (Å²) in [6, 6.07) is 6.51. The van der Waals surface area contributed by atoms with Gasteiger partial charge in [0.1, 0.15) is 0 Å². The molecule has 2 rings (SSSR count). The highest BCUT2D eigenvalue weighted by molar-refractivity contribution is 7.15. The van der Waals surface area contributed by atoms with Crippen molar-refractivity contribution >= 4 is 28.1 Å². The Bertz CT molecular complexity index is 667. The summed E-state index contributed by atoms with van der Waals surface area (Å²) >= 11 is 1.37. The molecule has 0 unspecified atom stereocenters. The fourth-order valence-electron chi connectivity index (χ4n) is 1.68. The van der Waals surface area contributed by atoms with E-state index in [0.29, 0.717) is 11.6 Å². The first-order valence-corrected chi connectivity index (χ1v) is 7.26. The maximum absolute atomic E-state index is 11.6. The first-order chi connectivity index (χ1) is 9.95. The second-order valence-corrected chi connectivity index (χ2v) is 5.99. The maximum atomic E-state index is 11.6. The molecular weight excluding hydrogens is 290 g/mol. The number of nitrogens with zero attached hydrogens (tertiary/aromatic N) is 2. The van der Waals surface area contributed by atoms with Crippen LogP contribution in [0.3, 0.4) is 0 Å². The highest BCUT2D eigenvalue weighted by Gasteiger charge is 2.11. The van der Waals surface area contributed by atoms with E-state index in [1.165, 1.54) is 17.4 Å². The Morgan fingerprint density at radius 1 is 1.48 bits per heavy atom. The number of hydrogen-bond acceptors (Lipinski definition) is 5. The average molecular weight is 305 g/mol. The van der Waals surface area contributed by atoms with Crippen molar-refractivity contribution in [3.63, 3.8) is 0 Å². The molecule has 7 heteroatoms. The van der Waals surface area contributed by atoms with E-state index in [9.17, 15) is 14.9 Å². The molecule has 0 aliphatic carbocycles.